The van der Waals surface area contributed by atoms with Gasteiger partial charge in [0.2, 0.25) is 0 Å². The Bertz CT molecular complexity index is 255. The van der Waals surface area contributed by atoms with Gasteiger partial charge in [-0.3, -0.25) is 9.69 Å². The molecule has 1 unspecified atom stereocenters. The minimum Gasteiger partial charge on any atom is -0.480 e. The monoisotopic (exact) mass is 258 g/mol. The molecule has 0 bridgehead atoms. The molecule has 1 fully saturated rings. The highest BCUT2D eigenvalue weighted by Crippen LogP contribution is 2.25. The number of carbonyl (C=O) groups is 1. The number of carboxylic acid groups (broad SMARTS) is 1. The van der Waals surface area contributed by atoms with Crippen LogP contribution in [0.15, 0.2) is 0 Å². The number of nitrogens with one attached hydrogen (secondary N) is 1. The zero-order valence-electron chi connectivity index (χ0n) is 11.7. The molecule has 0 radical (unpaired) electrons. The Morgan fingerprint density at radius 2 is 2.17 bits per heavy atom. The molecule has 0 heterocycles. The number of hydrogen-bond donors (Lipinski definition) is 2. The van der Waals surface area contributed by atoms with Crippen molar-refractivity contribution in [2.45, 2.75) is 51.7 Å². The van der Waals surface area contributed by atoms with Crippen LogP contribution in [0.25, 0.3) is 0 Å². The first-order valence-corrected chi connectivity index (χ1v) is 6.86. The minimum absolute atomic E-state index is 0.155. The standard InChI is InChI=1S/C13H26N2O3/c1-4-15(8-13(16)17)12-6-11(7-12)14-10(3)9-18-5-2/h10-12,14H,4-9H2,1-3H3,(H,16,17). The fourth-order valence-corrected chi connectivity index (χ4v) is 2.44. The summed E-state index contributed by atoms with van der Waals surface area (Å²) in [5.74, 6) is -0.738. The second kappa shape index (κ2) is 7.71. The van der Waals surface area contributed by atoms with Crippen LogP contribution < -0.4 is 5.32 Å². The Morgan fingerprint density at radius 1 is 1.50 bits per heavy atom. The number of carboxylic acids is 1. The molecule has 1 saturated carbocycles. The van der Waals surface area contributed by atoms with Gasteiger partial charge in [0.1, 0.15) is 0 Å². The van der Waals surface area contributed by atoms with E-state index in [0.29, 0.717) is 18.1 Å². The van der Waals surface area contributed by atoms with Crippen LogP contribution in [0.2, 0.25) is 0 Å². The van der Waals surface area contributed by atoms with E-state index >= 15 is 0 Å². The van der Waals surface area contributed by atoms with Crippen molar-refractivity contribution in [2.75, 3.05) is 26.3 Å². The normalized spacial score (nSPS) is 24.9. The van der Waals surface area contributed by atoms with Gasteiger partial charge in [0, 0.05) is 24.7 Å². The molecule has 1 atom stereocenters. The van der Waals surface area contributed by atoms with Crippen LogP contribution >= 0.6 is 0 Å². The van der Waals surface area contributed by atoms with Gasteiger partial charge in [-0.1, -0.05) is 6.92 Å². The molecule has 18 heavy (non-hydrogen) atoms. The van der Waals surface area contributed by atoms with Crippen LogP contribution in [0, 0.1) is 0 Å². The molecule has 0 aromatic rings. The Morgan fingerprint density at radius 3 is 2.67 bits per heavy atom. The highest BCUT2D eigenvalue weighted by molar-refractivity contribution is 5.69. The highest BCUT2D eigenvalue weighted by Gasteiger charge is 2.34. The maximum absolute atomic E-state index is 10.7. The average Bonchev–Trinajstić information content (AvgIpc) is 2.27. The fourth-order valence-electron chi connectivity index (χ4n) is 2.44. The largest absolute Gasteiger partial charge is 0.480 e. The number of rotatable bonds is 9. The summed E-state index contributed by atoms with van der Waals surface area (Å²) < 4.78 is 5.36. The van der Waals surface area contributed by atoms with Crippen LogP contribution in [0.1, 0.15) is 33.6 Å². The van der Waals surface area contributed by atoms with Crippen LogP contribution in [0.5, 0.6) is 0 Å². The van der Waals surface area contributed by atoms with Crippen molar-refractivity contribution in [3.63, 3.8) is 0 Å². The molecule has 0 aliphatic heterocycles. The summed E-state index contributed by atoms with van der Waals surface area (Å²) in [5.41, 5.74) is 0. The van der Waals surface area contributed by atoms with Crippen molar-refractivity contribution in [1.29, 1.82) is 0 Å². The molecule has 106 valence electrons. The SMILES string of the molecule is CCOCC(C)NC1CC(N(CC)CC(=O)O)C1. The molecule has 0 spiro atoms. The first-order valence-electron chi connectivity index (χ1n) is 6.86. The third kappa shape index (κ3) is 4.92. The van der Waals surface area contributed by atoms with Gasteiger partial charge in [-0.25, -0.2) is 0 Å². The van der Waals surface area contributed by atoms with E-state index in [9.17, 15) is 4.79 Å². The summed E-state index contributed by atoms with van der Waals surface area (Å²) in [6.45, 7) is 8.59. The summed E-state index contributed by atoms with van der Waals surface area (Å²) in [6, 6.07) is 1.29. The Balaban J connectivity index is 2.19. The molecule has 0 saturated heterocycles. The summed E-state index contributed by atoms with van der Waals surface area (Å²) in [7, 11) is 0. The third-order valence-corrected chi connectivity index (χ3v) is 3.47. The quantitative estimate of drug-likeness (QED) is 0.644. The lowest BCUT2D eigenvalue weighted by Crippen LogP contribution is -2.55. The predicted octanol–water partition coefficient (Wildman–Crippen LogP) is 0.939. The number of nitrogens with zero attached hydrogens (tertiary/aromatic N) is 1. The number of ether oxygens (including phenoxy) is 1. The van der Waals surface area contributed by atoms with E-state index in [1.807, 2.05) is 18.7 Å². The topological polar surface area (TPSA) is 61.8 Å². The number of hydrogen-bond acceptors (Lipinski definition) is 4. The highest BCUT2D eigenvalue weighted by atomic mass is 16.5. The zero-order valence-corrected chi connectivity index (χ0v) is 11.7. The van der Waals surface area contributed by atoms with Crippen molar-refractivity contribution >= 4 is 5.97 Å². The van der Waals surface area contributed by atoms with Crippen LogP contribution in [0.3, 0.4) is 0 Å². The summed E-state index contributed by atoms with van der Waals surface area (Å²) in [5, 5.41) is 12.3. The second-order valence-electron chi connectivity index (χ2n) is 5.01. The molecule has 5 heteroatoms. The molecular weight excluding hydrogens is 232 g/mol. The molecule has 1 aliphatic rings. The molecular formula is C13H26N2O3. The molecule has 0 aromatic heterocycles. The third-order valence-electron chi connectivity index (χ3n) is 3.47. The van der Waals surface area contributed by atoms with Gasteiger partial charge >= 0.3 is 5.97 Å². The van der Waals surface area contributed by atoms with Crippen molar-refractivity contribution in [2.24, 2.45) is 0 Å². The molecule has 1 aliphatic carbocycles. The first kappa shape index (κ1) is 15.4. The van der Waals surface area contributed by atoms with Gasteiger partial charge in [0.05, 0.1) is 13.2 Å². The lowest BCUT2D eigenvalue weighted by Gasteiger charge is -2.43. The van der Waals surface area contributed by atoms with Gasteiger partial charge in [0.25, 0.3) is 0 Å². The second-order valence-corrected chi connectivity index (χ2v) is 5.01. The Kier molecular flexibility index (Phi) is 6.60. The molecule has 2 N–H and O–H groups in total. The smallest absolute Gasteiger partial charge is 0.317 e. The van der Waals surface area contributed by atoms with E-state index in [0.717, 1.165) is 32.6 Å². The molecule has 0 amide bonds. The lowest BCUT2D eigenvalue weighted by molar-refractivity contribution is -0.139. The van der Waals surface area contributed by atoms with E-state index in [2.05, 4.69) is 12.2 Å². The predicted molar refractivity (Wildman–Crippen MR) is 70.8 cm³/mol. The number of likely N-dealkylation sites (N-methyl/N-ethyl adjacent to an activating group) is 1. The summed E-state index contributed by atoms with van der Waals surface area (Å²) in [4.78, 5) is 12.8. The Hall–Kier alpha value is -0.650. The van der Waals surface area contributed by atoms with Crippen LogP contribution in [-0.4, -0.2) is 60.4 Å². The molecule has 1 rings (SSSR count). The molecule has 5 nitrogen and oxygen atoms in total. The van der Waals surface area contributed by atoms with Gasteiger partial charge in [-0.2, -0.15) is 0 Å². The molecule has 0 aromatic carbocycles. The number of aliphatic carboxylic acids is 1. The average molecular weight is 258 g/mol. The van der Waals surface area contributed by atoms with Gasteiger partial charge < -0.3 is 15.2 Å². The minimum atomic E-state index is -0.738. The van der Waals surface area contributed by atoms with Crippen molar-refractivity contribution < 1.29 is 14.6 Å². The summed E-state index contributed by atoms with van der Waals surface area (Å²) in [6.07, 6.45) is 2.08. The summed E-state index contributed by atoms with van der Waals surface area (Å²) >= 11 is 0. The van der Waals surface area contributed by atoms with E-state index in [1.165, 1.54) is 0 Å². The maximum atomic E-state index is 10.7. The van der Waals surface area contributed by atoms with Crippen molar-refractivity contribution in [3.8, 4) is 0 Å². The van der Waals surface area contributed by atoms with Crippen molar-refractivity contribution in [1.82, 2.24) is 10.2 Å². The fraction of sp³-hybridized carbons (Fsp3) is 0.923. The lowest BCUT2D eigenvalue weighted by atomic mass is 9.85. The Labute approximate surface area is 109 Å². The van der Waals surface area contributed by atoms with E-state index < -0.39 is 5.97 Å². The maximum Gasteiger partial charge on any atom is 0.317 e. The van der Waals surface area contributed by atoms with Crippen LogP contribution in [-0.2, 0) is 9.53 Å². The zero-order chi connectivity index (χ0) is 13.5. The van der Waals surface area contributed by atoms with Crippen molar-refractivity contribution in [3.05, 3.63) is 0 Å². The van der Waals surface area contributed by atoms with E-state index in [1.54, 1.807) is 0 Å². The van der Waals surface area contributed by atoms with E-state index in [-0.39, 0.29) is 6.54 Å². The first-order chi connectivity index (χ1) is 8.56. The van der Waals surface area contributed by atoms with Crippen LogP contribution in [0.4, 0.5) is 0 Å². The van der Waals surface area contributed by atoms with Gasteiger partial charge in [-0.15, -0.1) is 0 Å². The van der Waals surface area contributed by atoms with Gasteiger partial charge in [0.15, 0.2) is 0 Å². The van der Waals surface area contributed by atoms with E-state index in [4.69, 9.17) is 9.84 Å². The van der Waals surface area contributed by atoms with Gasteiger partial charge in [-0.05, 0) is 33.2 Å².